The molecule has 0 aromatic heterocycles. The van der Waals surface area contributed by atoms with Crippen molar-refractivity contribution in [3.8, 4) is 0 Å². The number of carboxylic acids is 1. The topological polar surface area (TPSA) is 66.4 Å². The van der Waals surface area contributed by atoms with Gasteiger partial charge in [0.1, 0.15) is 6.04 Å². The third kappa shape index (κ3) is 5.06. The molecule has 0 heterocycles. The minimum Gasteiger partial charge on any atom is -0.480 e. The Morgan fingerprint density at radius 2 is 1.65 bits per heavy atom. The summed E-state index contributed by atoms with van der Waals surface area (Å²) in [7, 11) is 0. The first-order chi connectivity index (χ1) is 10.8. The maximum Gasteiger partial charge on any atom is 0.326 e. The number of carbonyl (C=O) groups excluding carboxylic acids is 1. The summed E-state index contributed by atoms with van der Waals surface area (Å²) >= 11 is 2.19. The second-order valence-corrected chi connectivity index (χ2v) is 6.82. The van der Waals surface area contributed by atoms with Crippen LogP contribution >= 0.6 is 22.6 Å². The largest absolute Gasteiger partial charge is 0.480 e. The Bertz CT molecular complexity index is 705. The van der Waals surface area contributed by atoms with E-state index in [0.717, 1.165) is 20.3 Å². The normalized spacial score (nSPS) is 11.8. The number of hydrogen-bond donors (Lipinski definition) is 2. The summed E-state index contributed by atoms with van der Waals surface area (Å²) in [4.78, 5) is 23.8. The monoisotopic (exact) mass is 423 g/mol. The van der Waals surface area contributed by atoms with Gasteiger partial charge >= 0.3 is 5.97 Å². The molecule has 0 aliphatic rings. The van der Waals surface area contributed by atoms with Gasteiger partial charge in [0, 0.05) is 15.6 Å². The fourth-order valence-corrected chi connectivity index (χ4v) is 2.76. The highest BCUT2D eigenvalue weighted by molar-refractivity contribution is 14.1. The van der Waals surface area contributed by atoms with Gasteiger partial charge in [-0.05, 0) is 66.3 Å². The van der Waals surface area contributed by atoms with Crippen LogP contribution in [0.2, 0.25) is 0 Å². The molecule has 0 aliphatic heterocycles. The van der Waals surface area contributed by atoms with Gasteiger partial charge in [-0.1, -0.05) is 29.3 Å². The molecule has 0 bridgehead atoms. The zero-order valence-corrected chi connectivity index (χ0v) is 15.1. The second kappa shape index (κ2) is 7.59. The van der Waals surface area contributed by atoms with Gasteiger partial charge in [0.05, 0.1) is 0 Å². The molecule has 0 unspecified atom stereocenters. The van der Waals surface area contributed by atoms with E-state index in [1.807, 2.05) is 44.2 Å². The molecule has 2 rings (SSSR count). The number of rotatable bonds is 5. The summed E-state index contributed by atoms with van der Waals surface area (Å²) in [6.45, 7) is 3.81. The summed E-state index contributed by atoms with van der Waals surface area (Å²) in [6.07, 6.45) is 0.253. The number of hydrogen-bond acceptors (Lipinski definition) is 2. The molecule has 0 radical (unpaired) electrons. The minimum atomic E-state index is -1.04. The van der Waals surface area contributed by atoms with Crippen molar-refractivity contribution >= 4 is 34.5 Å². The highest BCUT2D eigenvalue weighted by Gasteiger charge is 2.21. The number of amides is 1. The Labute approximate surface area is 149 Å². The van der Waals surface area contributed by atoms with E-state index in [4.69, 9.17) is 0 Å². The van der Waals surface area contributed by atoms with Gasteiger partial charge in [-0.15, -0.1) is 0 Å². The van der Waals surface area contributed by atoms with Crippen LogP contribution < -0.4 is 5.32 Å². The van der Waals surface area contributed by atoms with Crippen LogP contribution in [0, 0.1) is 17.4 Å². The predicted octanol–water partition coefficient (Wildman–Crippen LogP) is 3.33. The quantitative estimate of drug-likeness (QED) is 0.726. The maximum absolute atomic E-state index is 12.3. The van der Waals surface area contributed by atoms with Crippen LogP contribution in [0.25, 0.3) is 0 Å². The van der Waals surface area contributed by atoms with Gasteiger partial charge < -0.3 is 10.4 Å². The molecular formula is C18H18INO3. The lowest BCUT2D eigenvalue weighted by atomic mass is 10.0. The highest BCUT2D eigenvalue weighted by atomic mass is 127. The average Bonchev–Trinajstić information content (AvgIpc) is 2.47. The molecule has 1 amide bonds. The van der Waals surface area contributed by atoms with Crippen molar-refractivity contribution < 1.29 is 14.7 Å². The van der Waals surface area contributed by atoms with Crippen LogP contribution in [-0.2, 0) is 11.2 Å². The fourth-order valence-electron chi connectivity index (χ4n) is 2.40. The number of aliphatic carboxylic acids is 1. The van der Waals surface area contributed by atoms with Gasteiger partial charge in [-0.3, -0.25) is 4.79 Å². The predicted molar refractivity (Wildman–Crippen MR) is 97.7 cm³/mol. The van der Waals surface area contributed by atoms with Gasteiger partial charge in [0.2, 0.25) is 0 Å². The molecule has 2 aromatic rings. The Kier molecular flexibility index (Phi) is 5.76. The first kappa shape index (κ1) is 17.5. The fraction of sp³-hybridized carbons (Fsp3) is 0.222. The summed E-state index contributed by atoms with van der Waals surface area (Å²) < 4.78 is 1.08. The molecule has 0 aliphatic carbocycles. The van der Waals surface area contributed by atoms with Crippen molar-refractivity contribution in [3.05, 3.63) is 68.3 Å². The number of halogens is 1. The zero-order valence-electron chi connectivity index (χ0n) is 13.0. The summed E-state index contributed by atoms with van der Waals surface area (Å²) in [5.74, 6) is -1.41. The molecular weight excluding hydrogens is 405 g/mol. The van der Waals surface area contributed by atoms with Crippen molar-refractivity contribution in [1.82, 2.24) is 5.32 Å². The molecule has 0 saturated heterocycles. The molecule has 5 heteroatoms. The minimum absolute atomic E-state index is 0.253. The van der Waals surface area contributed by atoms with E-state index in [1.54, 1.807) is 12.1 Å². The maximum atomic E-state index is 12.3. The summed E-state index contributed by atoms with van der Waals surface area (Å²) in [5, 5.41) is 12.0. The molecule has 23 heavy (non-hydrogen) atoms. The lowest BCUT2D eigenvalue weighted by Gasteiger charge is -2.15. The Morgan fingerprint density at radius 1 is 1.09 bits per heavy atom. The average molecular weight is 423 g/mol. The molecule has 120 valence electrons. The standard InChI is InChI=1S/C18H18INO3/c1-11-7-12(2)9-14(8-11)17(21)20-16(18(22)23)10-13-3-5-15(19)6-4-13/h3-9,16H,10H2,1-2H3,(H,20,21)(H,22,23)/t16-/m1/s1. The lowest BCUT2D eigenvalue weighted by molar-refractivity contribution is -0.139. The number of nitrogens with one attached hydrogen (secondary N) is 1. The van der Waals surface area contributed by atoms with E-state index in [1.165, 1.54) is 0 Å². The van der Waals surface area contributed by atoms with E-state index in [2.05, 4.69) is 27.9 Å². The number of carboxylic acid groups (broad SMARTS) is 1. The first-order valence-electron chi connectivity index (χ1n) is 7.21. The van der Waals surface area contributed by atoms with Crippen LogP contribution in [-0.4, -0.2) is 23.0 Å². The lowest BCUT2D eigenvalue weighted by Crippen LogP contribution is -2.42. The number of benzene rings is 2. The van der Waals surface area contributed by atoms with E-state index in [9.17, 15) is 14.7 Å². The van der Waals surface area contributed by atoms with E-state index >= 15 is 0 Å². The van der Waals surface area contributed by atoms with Crippen molar-refractivity contribution in [2.24, 2.45) is 0 Å². The Hall–Kier alpha value is -1.89. The summed E-state index contributed by atoms with van der Waals surface area (Å²) in [5.41, 5.74) is 3.30. The van der Waals surface area contributed by atoms with Crippen molar-refractivity contribution in [2.75, 3.05) is 0 Å². The zero-order chi connectivity index (χ0) is 17.0. The van der Waals surface area contributed by atoms with Crippen LogP contribution in [0.3, 0.4) is 0 Å². The highest BCUT2D eigenvalue weighted by Crippen LogP contribution is 2.11. The van der Waals surface area contributed by atoms with Crippen molar-refractivity contribution in [2.45, 2.75) is 26.3 Å². The molecule has 4 nitrogen and oxygen atoms in total. The summed E-state index contributed by atoms with van der Waals surface area (Å²) in [6, 6.07) is 12.1. The van der Waals surface area contributed by atoms with Crippen molar-refractivity contribution in [3.63, 3.8) is 0 Å². The first-order valence-corrected chi connectivity index (χ1v) is 8.29. The molecule has 2 aromatic carbocycles. The van der Waals surface area contributed by atoms with E-state index in [0.29, 0.717) is 5.56 Å². The third-order valence-corrected chi connectivity index (χ3v) is 4.16. The Morgan fingerprint density at radius 3 is 2.17 bits per heavy atom. The third-order valence-electron chi connectivity index (χ3n) is 3.44. The van der Waals surface area contributed by atoms with Gasteiger partial charge in [-0.2, -0.15) is 0 Å². The Balaban J connectivity index is 2.14. The van der Waals surface area contributed by atoms with Crippen LogP contribution in [0.15, 0.2) is 42.5 Å². The van der Waals surface area contributed by atoms with Gasteiger partial charge in [0.25, 0.3) is 5.91 Å². The smallest absolute Gasteiger partial charge is 0.326 e. The molecule has 0 saturated carbocycles. The molecule has 0 spiro atoms. The molecule has 0 fully saturated rings. The van der Waals surface area contributed by atoms with Crippen molar-refractivity contribution in [1.29, 1.82) is 0 Å². The number of aryl methyl sites for hydroxylation is 2. The second-order valence-electron chi connectivity index (χ2n) is 5.57. The number of carbonyl (C=O) groups is 2. The SMILES string of the molecule is Cc1cc(C)cc(C(=O)N[C@H](Cc2ccc(I)cc2)C(=O)O)c1. The van der Waals surface area contributed by atoms with Gasteiger partial charge in [-0.25, -0.2) is 4.79 Å². The van der Waals surface area contributed by atoms with E-state index in [-0.39, 0.29) is 12.3 Å². The van der Waals surface area contributed by atoms with Crippen LogP contribution in [0.5, 0.6) is 0 Å². The van der Waals surface area contributed by atoms with E-state index < -0.39 is 12.0 Å². The van der Waals surface area contributed by atoms with Crippen LogP contribution in [0.4, 0.5) is 0 Å². The molecule has 2 N–H and O–H groups in total. The van der Waals surface area contributed by atoms with Gasteiger partial charge in [0.15, 0.2) is 0 Å². The molecule has 1 atom stereocenters. The van der Waals surface area contributed by atoms with Crippen LogP contribution in [0.1, 0.15) is 27.0 Å².